The van der Waals surface area contributed by atoms with Gasteiger partial charge in [0.2, 0.25) is 11.9 Å². The van der Waals surface area contributed by atoms with E-state index in [9.17, 15) is 9.90 Å². The molecule has 3 heterocycles. The summed E-state index contributed by atoms with van der Waals surface area (Å²) in [6, 6.07) is 5.71. The standard InChI is InChI=1S/C19H21BrN6O2/c1-3-6-26-9-13-16(23-19(21-8-10(2)27)24-17(13)25-26)15-12-7-11(20)4-5-14(12)22-18(15)28/h4-5,7,9-10,15,27H,3,6,8H2,1-2H3,(H,22,28)(H,21,24,25)/t10-,15?/m1/s1. The van der Waals surface area contributed by atoms with E-state index in [0.717, 1.165) is 34.1 Å². The Morgan fingerprint density at radius 1 is 1.39 bits per heavy atom. The van der Waals surface area contributed by atoms with Gasteiger partial charge in [0.05, 0.1) is 17.2 Å². The Morgan fingerprint density at radius 3 is 2.96 bits per heavy atom. The third-order valence-electron chi connectivity index (χ3n) is 4.58. The molecule has 0 bridgehead atoms. The number of aliphatic hydroxyl groups excluding tert-OH is 1. The molecule has 1 aliphatic heterocycles. The molecule has 28 heavy (non-hydrogen) atoms. The Kier molecular flexibility index (Phi) is 5.03. The summed E-state index contributed by atoms with van der Waals surface area (Å²) in [5.74, 6) is -0.330. The number of amides is 1. The normalized spacial score (nSPS) is 16.9. The van der Waals surface area contributed by atoms with Gasteiger partial charge in [-0.1, -0.05) is 22.9 Å². The van der Waals surface area contributed by atoms with Crippen LogP contribution >= 0.6 is 15.9 Å². The first-order chi connectivity index (χ1) is 13.5. The summed E-state index contributed by atoms with van der Waals surface area (Å²) in [6.07, 6.45) is 2.28. The molecule has 0 spiro atoms. The Labute approximate surface area is 170 Å². The number of hydrogen-bond donors (Lipinski definition) is 3. The van der Waals surface area contributed by atoms with E-state index in [1.165, 1.54) is 0 Å². The van der Waals surface area contributed by atoms with Gasteiger partial charge in [0.1, 0.15) is 5.92 Å². The molecule has 3 N–H and O–H groups in total. The first kappa shape index (κ1) is 18.8. The van der Waals surface area contributed by atoms with Gasteiger partial charge in [-0.25, -0.2) is 4.98 Å². The van der Waals surface area contributed by atoms with Crippen molar-refractivity contribution < 1.29 is 9.90 Å². The van der Waals surface area contributed by atoms with Crippen LogP contribution in [0.1, 0.15) is 37.4 Å². The SMILES string of the molecule is CCCn1cc2c(C3C(=O)Nc4ccc(Br)cc43)nc(NC[C@@H](C)O)nc2n1. The van der Waals surface area contributed by atoms with Gasteiger partial charge >= 0.3 is 0 Å². The van der Waals surface area contributed by atoms with Crippen molar-refractivity contribution in [3.63, 3.8) is 0 Å². The number of nitrogens with zero attached hydrogens (tertiary/aromatic N) is 4. The van der Waals surface area contributed by atoms with E-state index < -0.39 is 12.0 Å². The second-order valence-electron chi connectivity index (χ2n) is 6.95. The van der Waals surface area contributed by atoms with Crippen LogP contribution in [0, 0.1) is 0 Å². The fourth-order valence-corrected chi connectivity index (χ4v) is 3.74. The molecule has 4 rings (SSSR count). The van der Waals surface area contributed by atoms with E-state index >= 15 is 0 Å². The number of carbonyl (C=O) groups is 1. The molecule has 9 heteroatoms. The maximum absolute atomic E-state index is 12.8. The van der Waals surface area contributed by atoms with Crippen molar-refractivity contribution in [2.75, 3.05) is 17.2 Å². The van der Waals surface area contributed by atoms with Gasteiger partial charge in [-0.3, -0.25) is 9.48 Å². The molecular formula is C19H21BrN6O2. The number of halogens is 1. The summed E-state index contributed by atoms with van der Waals surface area (Å²) < 4.78 is 2.72. The average molecular weight is 445 g/mol. The lowest BCUT2D eigenvalue weighted by Gasteiger charge is -2.12. The van der Waals surface area contributed by atoms with Gasteiger partial charge in [-0.15, -0.1) is 0 Å². The summed E-state index contributed by atoms with van der Waals surface area (Å²) in [5, 5.41) is 20.8. The Morgan fingerprint density at radius 2 is 2.21 bits per heavy atom. The molecule has 8 nitrogen and oxygen atoms in total. The zero-order valence-corrected chi connectivity index (χ0v) is 17.2. The quantitative estimate of drug-likeness (QED) is 0.539. The predicted molar refractivity (Wildman–Crippen MR) is 110 cm³/mol. The van der Waals surface area contributed by atoms with Crippen LogP contribution in [0.25, 0.3) is 11.0 Å². The van der Waals surface area contributed by atoms with Crippen LogP contribution in [0.4, 0.5) is 11.6 Å². The zero-order valence-electron chi connectivity index (χ0n) is 15.6. The fraction of sp³-hybridized carbons (Fsp3) is 0.368. The largest absolute Gasteiger partial charge is 0.392 e. The van der Waals surface area contributed by atoms with Crippen LogP contribution in [-0.2, 0) is 11.3 Å². The van der Waals surface area contributed by atoms with E-state index in [1.807, 2.05) is 29.1 Å². The molecule has 3 aromatic rings. The third-order valence-corrected chi connectivity index (χ3v) is 5.08. The van der Waals surface area contributed by atoms with Crippen molar-refractivity contribution in [1.29, 1.82) is 0 Å². The highest BCUT2D eigenvalue weighted by atomic mass is 79.9. The Bertz CT molecular complexity index is 1050. The minimum Gasteiger partial charge on any atom is -0.392 e. The van der Waals surface area contributed by atoms with Gasteiger partial charge in [-0.05, 0) is 37.1 Å². The summed E-state index contributed by atoms with van der Waals surface area (Å²) in [4.78, 5) is 21.9. The van der Waals surface area contributed by atoms with E-state index in [0.29, 0.717) is 23.8 Å². The lowest BCUT2D eigenvalue weighted by Crippen LogP contribution is -2.19. The lowest BCUT2D eigenvalue weighted by atomic mass is 9.95. The van der Waals surface area contributed by atoms with Gasteiger partial charge in [0.25, 0.3) is 0 Å². The monoisotopic (exact) mass is 444 g/mol. The van der Waals surface area contributed by atoms with E-state index in [-0.39, 0.29) is 5.91 Å². The highest BCUT2D eigenvalue weighted by molar-refractivity contribution is 9.10. The Hall–Kier alpha value is -2.52. The van der Waals surface area contributed by atoms with E-state index in [2.05, 4.69) is 48.6 Å². The minimum absolute atomic E-state index is 0.127. The van der Waals surface area contributed by atoms with Gasteiger partial charge in [0, 0.05) is 29.4 Å². The molecule has 0 radical (unpaired) electrons. The molecule has 0 saturated carbocycles. The molecule has 0 fully saturated rings. The molecule has 146 valence electrons. The van der Waals surface area contributed by atoms with Crippen LogP contribution in [0.2, 0.25) is 0 Å². The molecule has 2 aromatic heterocycles. The second kappa shape index (κ2) is 7.48. The summed E-state index contributed by atoms with van der Waals surface area (Å²) in [6.45, 7) is 4.82. The number of aryl methyl sites for hydroxylation is 1. The molecule has 2 atom stereocenters. The van der Waals surface area contributed by atoms with E-state index in [1.54, 1.807) is 6.92 Å². The predicted octanol–water partition coefficient (Wildman–Crippen LogP) is 2.88. The maximum atomic E-state index is 12.8. The smallest absolute Gasteiger partial charge is 0.238 e. The average Bonchev–Trinajstić information content (AvgIpc) is 3.19. The zero-order chi connectivity index (χ0) is 19.8. The highest BCUT2D eigenvalue weighted by Crippen LogP contribution is 2.40. The van der Waals surface area contributed by atoms with Crippen molar-refractivity contribution in [3.05, 3.63) is 40.1 Å². The van der Waals surface area contributed by atoms with Crippen molar-refractivity contribution >= 4 is 44.5 Å². The second-order valence-corrected chi connectivity index (χ2v) is 7.86. The van der Waals surface area contributed by atoms with Crippen LogP contribution in [-0.4, -0.2) is 43.4 Å². The highest BCUT2D eigenvalue weighted by Gasteiger charge is 2.35. The number of anilines is 2. The topological polar surface area (TPSA) is 105 Å². The van der Waals surface area contributed by atoms with Crippen LogP contribution in [0.3, 0.4) is 0 Å². The van der Waals surface area contributed by atoms with E-state index in [4.69, 9.17) is 0 Å². The molecular weight excluding hydrogens is 424 g/mol. The van der Waals surface area contributed by atoms with Gasteiger partial charge < -0.3 is 15.7 Å². The summed E-state index contributed by atoms with van der Waals surface area (Å²) >= 11 is 3.49. The van der Waals surface area contributed by atoms with Gasteiger partial charge in [0.15, 0.2) is 5.65 Å². The third kappa shape index (κ3) is 3.47. The minimum atomic E-state index is -0.552. The lowest BCUT2D eigenvalue weighted by molar-refractivity contribution is -0.116. The first-order valence-electron chi connectivity index (χ1n) is 9.23. The molecule has 0 aliphatic carbocycles. The number of benzene rings is 1. The van der Waals surface area contributed by atoms with Crippen molar-refractivity contribution in [1.82, 2.24) is 19.7 Å². The molecule has 0 saturated heterocycles. The Balaban J connectivity index is 1.87. The number of carbonyl (C=O) groups excluding carboxylic acids is 1. The molecule has 1 amide bonds. The summed E-state index contributed by atoms with van der Waals surface area (Å²) in [7, 11) is 0. The van der Waals surface area contributed by atoms with Gasteiger partial charge in [-0.2, -0.15) is 10.1 Å². The summed E-state index contributed by atoms with van der Waals surface area (Å²) in [5.41, 5.74) is 2.78. The van der Waals surface area contributed by atoms with Crippen LogP contribution in [0.5, 0.6) is 0 Å². The van der Waals surface area contributed by atoms with Crippen molar-refractivity contribution in [2.45, 2.75) is 38.8 Å². The van der Waals surface area contributed by atoms with Crippen molar-refractivity contribution in [3.8, 4) is 0 Å². The molecule has 1 aromatic carbocycles. The van der Waals surface area contributed by atoms with Crippen LogP contribution < -0.4 is 10.6 Å². The number of aromatic nitrogens is 4. The number of aliphatic hydroxyl groups is 1. The van der Waals surface area contributed by atoms with Crippen molar-refractivity contribution in [2.24, 2.45) is 0 Å². The fourth-order valence-electron chi connectivity index (χ4n) is 3.36. The number of fused-ring (bicyclic) bond motifs is 2. The first-order valence-corrected chi connectivity index (χ1v) is 10.0. The number of hydrogen-bond acceptors (Lipinski definition) is 6. The molecule has 1 aliphatic rings. The molecule has 1 unspecified atom stereocenters. The van der Waals surface area contributed by atoms with Crippen LogP contribution in [0.15, 0.2) is 28.9 Å². The maximum Gasteiger partial charge on any atom is 0.238 e. The number of rotatable bonds is 6. The number of nitrogens with one attached hydrogen (secondary N) is 2.